The Bertz CT molecular complexity index is 765. The summed E-state index contributed by atoms with van der Waals surface area (Å²) in [5.41, 5.74) is 1.30. The molecule has 0 unspecified atom stereocenters. The van der Waals surface area contributed by atoms with E-state index in [1.165, 1.54) is 38.9 Å². The number of pyridine rings is 1. The van der Waals surface area contributed by atoms with Gasteiger partial charge in [-0.25, -0.2) is 13.4 Å². The van der Waals surface area contributed by atoms with Crippen LogP contribution in [0.5, 0.6) is 5.88 Å². The zero-order valence-corrected chi connectivity index (χ0v) is 15.2. The van der Waals surface area contributed by atoms with Gasteiger partial charge in [-0.05, 0) is 31.1 Å². The molecule has 0 bridgehead atoms. The highest BCUT2D eigenvalue weighted by Gasteiger charge is 2.25. The Labute approximate surface area is 148 Å². The number of carbonyl (C=O) groups is 1. The van der Waals surface area contributed by atoms with Gasteiger partial charge in [-0.2, -0.15) is 0 Å². The topological polar surface area (TPSA) is 85.4 Å². The molecule has 2 heterocycles. The van der Waals surface area contributed by atoms with E-state index in [0.29, 0.717) is 17.4 Å². The highest BCUT2D eigenvalue weighted by Crippen LogP contribution is 2.32. The minimum Gasteiger partial charge on any atom is -0.480 e. The third-order valence-corrected chi connectivity index (χ3v) is 6.24. The number of rotatable bonds is 4. The molecule has 2 aliphatic rings. The van der Waals surface area contributed by atoms with Gasteiger partial charge in [-0.15, -0.1) is 0 Å². The molecule has 1 aromatic rings. The molecule has 25 heavy (non-hydrogen) atoms. The molecule has 1 aliphatic heterocycles. The number of nitrogens with one attached hydrogen (secondary N) is 1. The zero-order chi connectivity index (χ0) is 17.9. The van der Waals surface area contributed by atoms with Crippen LogP contribution >= 0.6 is 0 Å². The minimum absolute atomic E-state index is 0.103. The van der Waals surface area contributed by atoms with E-state index in [4.69, 9.17) is 4.74 Å². The van der Waals surface area contributed by atoms with Gasteiger partial charge in [0.2, 0.25) is 5.88 Å². The summed E-state index contributed by atoms with van der Waals surface area (Å²) in [6.07, 6.45) is 8.68. The Kier molecular flexibility index (Phi) is 5.42. The maximum Gasteiger partial charge on any atom is 0.257 e. The maximum absolute atomic E-state index is 12.5. The molecular formula is C18H24N2O4S. The highest BCUT2D eigenvalue weighted by molar-refractivity contribution is 7.94. The molecule has 1 aliphatic carbocycles. The average Bonchev–Trinajstić information content (AvgIpc) is 2.80. The Morgan fingerprint density at radius 3 is 2.52 bits per heavy atom. The Morgan fingerprint density at radius 1 is 1.20 bits per heavy atom. The van der Waals surface area contributed by atoms with Crippen LogP contribution in [-0.4, -0.2) is 38.2 Å². The number of carbonyl (C=O) groups excluding carboxylic acids is 1. The number of sulfone groups is 1. The molecule has 0 aromatic carbocycles. The van der Waals surface area contributed by atoms with E-state index in [0.717, 1.165) is 23.9 Å². The Morgan fingerprint density at radius 2 is 1.92 bits per heavy atom. The molecule has 1 fully saturated rings. The van der Waals surface area contributed by atoms with Crippen LogP contribution in [0.1, 0.15) is 60.5 Å². The number of hydrogen-bond acceptors (Lipinski definition) is 5. The number of methoxy groups -OCH3 is 1. The zero-order valence-electron chi connectivity index (χ0n) is 14.4. The SMILES string of the molecule is COc1nc(C2CCCCCC2)ccc1C(=O)N[C@@H]1C=CS(=O)(=O)C1. The Balaban J connectivity index is 1.75. The third kappa shape index (κ3) is 4.39. The Hall–Kier alpha value is -1.89. The van der Waals surface area contributed by atoms with Gasteiger partial charge in [-0.1, -0.05) is 25.7 Å². The van der Waals surface area contributed by atoms with Crippen molar-refractivity contribution in [2.75, 3.05) is 12.9 Å². The predicted molar refractivity (Wildman–Crippen MR) is 95.4 cm³/mol. The normalized spacial score (nSPS) is 23.2. The van der Waals surface area contributed by atoms with E-state index >= 15 is 0 Å². The smallest absolute Gasteiger partial charge is 0.257 e. The second-order valence-corrected chi connectivity index (χ2v) is 8.65. The second kappa shape index (κ2) is 7.56. The van der Waals surface area contributed by atoms with Gasteiger partial charge in [0, 0.05) is 17.0 Å². The van der Waals surface area contributed by atoms with Crippen molar-refractivity contribution in [3.63, 3.8) is 0 Å². The summed E-state index contributed by atoms with van der Waals surface area (Å²) < 4.78 is 28.2. The minimum atomic E-state index is -3.21. The molecular weight excluding hydrogens is 340 g/mol. The second-order valence-electron chi connectivity index (χ2n) is 6.72. The van der Waals surface area contributed by atoms with E-state index in [2.05, 4.69) is 10.3 Å². The van der Waals surface area contributed by atoms with Gasteiger partial charge >= 0.3 is 0 Å². The highest BCUT2D eigenvalue weighted by atomic mass is 32.2. The fraction of sp³-hybridized carbons (Fsp3) is 0.556. The third-order valence-electron chi connectivity index (χ3n) is 4.84. The molecule has 0 radical (unpaired) electrons. The van der Waals surface area contributed by atoms with Crippen molar-refractivity contribution < 1.29 is 17.9 Å². The summed E-state index contributed by atoms with van der Waals surface area (Å²) >= 11 is 0. The first-order valence-electron chi connectivity index (χ1n) is 8.75. The van der Waals surface area contributed by atoms with Gasteiger partial charge < -0.3 is 10.1 Å². The van der Waals surface area contributed by atoms with Crippen molar-refractivity contribution in [3.05, 3.63) is 34.9 Å². The summed E-state index contributed by atoms with van der Waals surface area (Å²) in [6, 6.07) is 3.12. The molecule has 7 heteroatoms. The number of aromatic nitrogens is 1. The van der Waals surface area contributed by atoms with Crippen LogP contribution in [0, 0.1) is 0 Å². The summed E-state index contributed by atoms with van der Waals surface area (Å²) in [5.74, 6) is 0.235. The first kappa shape index (κ1) is 17.9. The summed E-state index contributed by atoms with van der Waals surface area (Å²) in [5, 5.41) is 3.85. The molecule has 6 nitrogen and oxygen atoms in total. The van der Waals surface area contributed by atoms with E-state index in [1.54, 1.807) is 6.07 Å². The first-order chi connectivity index (χ1) is 12.0. The average molecular weight is 364 g/mol. The van der Waals surface area contributed by atoms with Crippen LogP contribution in [0.3, 0.4) is 0 Å². The lowest BCUT2D eigenvalue weighted by Gasteiger charge is -2.16. The number of amides is 1. The molecule has 1 saturated carbocycles. The summed E-state index contributed by atoms with van der Waals surface area (Å²) in [4.78, 5) is 17.0. The van der Waals surface area contributed by atoms with Crippen molar-refractivity contribution >= 4 is 15.7 Å². The quantitative estimate of drug-likeness (QED) is 0.830. The molecule has 0 saturated heterocycles. The first-order valence-corrected chi connectivity index (χ1v) is 10.5. The lowest BCUT2D eigenvalue weighted by atomic mass is 9.95. The molecule has 1 N–H and O–H groups in total. The molecule has 1 aromatic heterocycles. The molecule has 136 valence electrons. The molecule has 3 rings (SSSR count). The van der Waals surface area contributed by atoms with Crippen LogP contribution in [0.4, 0.5) is 0 Å². The lowest BCUT2D eigenvalue weighted by molar-refractivity contribution is 0.0944. The molecule has 1 amide bonds. The van der Waals surface area contributed by atoms with Gasteiger partial charge in [0.25, 0.3) is 5.91 Å². The molecule has 0 spiro atoms. The monoisotopic (exact) mass is 364 g/mol. The summed E-state index contributed by atoms with van der Waals surface area (Å²) in [7, 11) is -1.71. The van der Waals surface area contributed by atoms with Crippen LogP contribution in [0.25, 0.3) is 0 Å². The van der Waals surface area contributed by atoms with Crippen LogP contribution in [0.2, 0.25) is 0 Å². The van der Waals surface area contributed by atoms with E-state index in [9.17, 15) is 13.2 Å². The van der Waals surface area contributed by atoms with Gasteiger partial charge in [0.15, 0.2) is 9.84 Å². The van der Waals surface area contributed by atoms with Crippen molar-refractivity contribution in [2.24, 2.45) is 0 Å². The van der Waals surface area contributed by atoms with Gasteiger partial charge in [0.05, 0.1) is 18.9 Å². The predicted octanol–water partition coefficient (Wildman–Crippen LogP) is 2.57. The van der Waals surface area contributed by atoms with Crippen LogP contribution in [0.15, 0.2) is 23.6 Å². The van der Waals surface area contributed by atoms with E-state index in [1.807, 2.05) is 6.07 Å². The fourth-order valence-electron chi connectivity index (χ4n) is 3.50. The number of hydrogen-bond donors (Lipinski definition) is 1. The fourth-order valence-corrected chi connectivity index (χ4v) is 4.73. The van der Waals surface area contributed by atoms with Crippen molar-refractivity contribution in [2.45, 2.75) is 50.5 Å². The number of nitrogens with zero attached hydrogens (tertiary/aromatic N) is 1. The lowest BCUT2D eigenvalue weighted by Crippen LogP contribution is -2.35. The maximum atomic E-state index is 12.5. The van der Waals surface area contributed by atoms with Gasteiger partial charge in [0.1, 0.15) is 5.56 Å². The van der Waals surface area contributed by atoms with Crippen molar-refractivity contribution in [3.8, 4) is 5.88 Å². The standard InChI is InChI=1S/C18H24N2O4S/c1-24-18-15(17(21)19-14-10-11-25(22,23)12-14)8-9-16(20-18)13-6-4-2-3-5-7-13/h8-11,13-14H,2-7,12H2,1H3,(H,19,21)/t14-/m1/s1. The summed E-state index contributed by atoms with van der Waals surface area (Å²) in [6.45, 7) is 0. The van der Waals surface area contributed by atoms with Gasteiger partial charge in [-0.3, -0.25) is 4.79 Å². The number of ether oxygens (including phenoxy) is 1. The van der Waals surface area contributed by atoms with Crippen molar-refractivity contribution in [1.82, 2.24) is 10.3 Å². The van der Waals surface area contributed by atoms with E-state index in [-0.39, 0.29) is 11.7 Å². The molecule has 1 atom stereocenters. The van der Waals surface area contributed by atoms with Crippen LogP contribution in [-0.2, 0) is 9.84 Å². The van der Waals surface area contributed by atoms with Crippen LogP contribution < -0.4 is 10.1 Å². The van der Waals surface area contributed by atoms with E-state index < -0.39 is 15.9 Å². The largest absolute Gasteiger partial charge is 0.480 e. The van der Waals surface area contributed by atoms with Crippen molar-refractivity contribution in [1.29, 1.82) is 0 Å².